The number of nitrogens with two attached hydrogens (primary N) is 1. The van der Waals surface area contributed by atoms with Crippen LogP contribution in [0.3, 0.4) is 0 Å². The van der Waals surface area contributed by atoms with Gasteiger partial charge in [-0.2, -0.15) is 0 Å². The van der Waals surface area contributed by atoms with E-state index in [0.717, 1.165) is 24.9 Å². The van der Waals surface area contributed by atoms with Crippen molar-refractivity contribution in [2.45, 2.75) is 6.42 Å². The molecule has 3 N–H and O–H groups in total. The van der Waals surface area contributed by atoms with Crippen LogP contribution in [-0.2, 0) is 0 Å². The maximum Gasteiger partial charge on any atom is 0.132 e. The van der Waals surface area contributed by atoms with Gasteiger partial charge in [0.15, 0.2) is 0 Å². The first-order valence-corrected chi connectivity index (χ1v) is 6.20. The summed E-state index contributed by atoms with van der Waals surface area (Å²) in [4.78, 5) is 5.45. The Bertz CT molecular complexity index is 556. The summed E-state index contributed by atoms with van der Waals surface area (Å²) < 4.78 is 1.22. The van der Waals surface area contributed by atoms with Crippen molar-refractivity contribution in [2.75, 3.05) is 18.8 Å². The van der Waals surface area contributed by atoms with Crippen LogP contribution in [0.1, 0.15) is 11.3 Å². The second-order valence-electron chi connectivity index (χ2n) is 3.90. The lowest BCUT2D eigenvalue weighted by Crippen LogP contribution is -2.19. The summed E-state index contributed by atoms with van der Waals surface area (Å²) in [6.07, 6.45) is 5.13. The molecule has 16 heavy (non-hydrogen) atoms. The Morgan fingerprint density at radius 2 is 2.38 bits per heavy atom. The molecule has 0 amide bonds. The van der Waals surface area contributed by atoms with Crippen molar-refractivity contribution in [1.29, 1.82) is 0 Å². The summed E-state index contributed by atoms with van der Waals surface area (Å²) in [7, 11) is 0. The molecule has 0 spiro atoms. The molecule has 0 fully saturated rings. The van der Waals surface area contributed by atoms with Crippen LogP contribution < -0.4 is 11.1 Å². The number of nitrogen functional groups attached to an aromatic ring is 1. The third kappa shape index (κ3) is 1.60. The smallest absolute Gasteiger partial charge is 0.132 e. The standard InChI is InChI=1S/C12H13N3S/c13-12-9-7-11(8-1-4-14-5-2-8)16-10(9)3-6-15-12/h1,3,6-7,14H,2,4-5H2,(H2,13,15). The monoisotopic (exact) mass is 231 g/mol. The summed E-state index contributed by atoms with van der Waals surface area (Å²) in [5.41, 5.74) is 7.29. The Balaban J connectivity index is 2.11. The van der Waals surface area contributed by atoms with E-state index >= 15 is 0 Å². The number of nitrogens with one attached hydrogen (secondary N) is 1. The van der Waals surface area contributed by atoms with Gasteiger partial charge in [-0.1, -0.05) is 6.08 Å². The van der Waals surface area contributed by atoms with Gasteiger partial charge in [-0.25, -0.2) is 4.98 Å². The molecular formula is C12H13N3S. The highest BCUT2D eigenvalue weighted by atomic mass is 32.1. The fourth-order valence-corrected chi connectivity index (χ4v) is 3.12. The summed E-state index contributed by atoms with van der Waals surface area (Å²) in [6.45, 7) is 2.03. The van der Waals surface area contributed by atoms with Crippen LogP contribution in [0.25, 0.3) is 15.7 Å². The number of hydrogen-bond donors (Lipinski definition) is 2. The van der Waals surface area contributed by atoms with E-state index in [0.29, 0.717) is 5.82 Å². The lowest BCUT2D eigenvalue weighted by atomic mass is 10.1. The first-order chi connectivity index (χ1) is 7.84. The quantitative estimate of drug-likeness (QED) is 0.791. The lowest BCUT2D eigenvalue weighted by Gasteiger charge is -2.11. The van der Waals surface area contributed by atoms with Gasteiger partial charge < -0.3 is 11.1 Å². The molecule has 2 aromatic rings. The first kappa shape index (κ1) is 9.81. The number of pyridine rings is 1. The minimum atomic E-state index is 0.634. The second kappa shape index (κ2) is 3.88. The van der Waals surface area contributed by atoms with Crippen molar-refractivity contribution in [3.8, 4) is 0 Å². The molecule has 0 radical (unpaired) electrons. The average Bonchev–Trinajstić information content (AvgIpc) is 2.76. The first-order valence-electron chi connectivity index (χ1n) is 5.39. The topological polar surface area (TPSA) is 50.9 Å². The van der Waals surface area contributed by atoms with Crippen molar-refractivity contribution >= 4 is 32.8 Å². The Morgan fingerprint density at radius 1 is 1.44 bits per heavy atom. The molecule has 0 aliphatic carbocycles. The van der Waals surface area contributed by atoms with Gasteiger partial charge in [0.05, 0.1) is 0 Å². The van der Waals surface area contributed by atoms with Crippen LogP contribution in [0, 0.1) is 0 Å². The zero-order valence-electron chi connectivity index (χ0n) is 8.86. The zero-order valence-corrected chi connectivity index (χ0v) is 9.68. The van der Waals surface area contributed by atoms with Crippen LogP contribution in [0.15, 0.2) is 24.4 Å². The highest BCUT2D eigenvalue weighted by Crippen LogP contribution is 2.34. The Morgan fingerprint density at radius 3 is 3.12 bits per heavy atom. The van der Waals surface area contributed by atoms with Gasteiger partial charge >= 0.3 is 0 Å². The van der Waals surface area contributed by atoms with Gasteiger partial charge in [0.2, 0.25) is 0 Å². The number of thiophene rings is 1. The molecule has 0 saturated heterocycles. The molecule has 4 heteroatoms. The molecule has 0 unspecified atom stereocenters. The van der Waals surface area contributed by atoms with E-state index in [1.54, 1.807) is 17.5 Å². The Kier molecular flexibility index (Phi) is 2.38. The number of hydrogen-bond acceptors (Lipinski definition) is 4. The number of rotatable bonds is 1. The van der Waals surface area contributed by atoms with Crippen molar-refractivity contribution < 1.29 is 0 Å². The van der Waals surface area contributed by atoms with E-state index in [2.05, 4.69) is 22.4 Å². The van der Waals surface area contributed by atoms with Gasteiger partial charge in [0.25, 0.3) is 0 Å². The lowest BCUT2D eigenvalue weighted by molar-refractivity contribution is 0.739. The second-order valence-corrected chi connectivity index (χ2v) is 4.99. The maximum absolute atomic E-state index is 5.86. The van der Waals surface area contributed by atoms with Crippen LogP contribution in [0.2, 0.25) is 0 Å². The molecule has 2 aromatic heterocycles. The highest BCUT2D eigenvalue weighted by molar-refractivity contribution is 7.20. The van der Waals surface area contributed by atoms with Crippen LogP contribution >= 0.6 is 11.3 Å². The number of nitrogens with zero attached hydrogens (tertiary/aromatic N) is 1. The summed E-state index contributed by atoms with van der Waals surface area (Å²) in [5, 5.41) is 4.41. The number of anilines is 1. The molecule has 3 heterocycles. The summed E-state index contributed by atoms with van der Waals surface area (Å²) in [5.74, 6) is 0.634. The molecule has 82 valence electrons. The largest absolute Gasteiger partial charge is 0.383 e. The van der Waals surface area contributed by atoms with E-state index in [-0.39, 0.29) is 0 Å². The fraction of sp³-hybridized carbons (Fsp3) is 0.250. The molecule has 0 saturated carbocycles. The fourth-order valence-electron chi connectivity index (χ4n) is 1.99. The normalized spacial score (nSPS) is 16.4. The van der Waals surface area contributed by atoms with Crippen LogP contribution in [-0.4, -0.2) is 18.1 Å². The van der Waals surface area contributed by atoms with Gasteiger partial charge in [-0.3, -0.25) is 0 Å². The van der Waals surface area contributed by atoms with Crippen LogP contribution in [0.5, 0.6) is 0 Å². The van der Waals surface area contributed by atoms with Crippen molar-refractivity contribution in [3.63, 3.8) is 0 Å². The third-order valence-electron chi connectivity index (χ3n) is 2.86. The number of fused-ring (bicyclic) bond motifs is 1. The molecule has 3 nitrogen and oxygen atoms in total. The van der Waals surface area contributed by atoms with E-state index in [1.807, 2.05) is 6.07 Å². The van der Waals surface area contributed by atoms with E-state index in [1.165, 1.54) is 15.2 Å². The van der Waals surface area contributed by atoms with Crippen molar-refractivity contribution in [2.24, 2.45) is 0 Å². The predicted molar refractivity (Wildman–Crippen MR) is 69.5 cm³/mol. The molecule has 1 aliphatic heterocycles. The van der Waals surface area contributed by atoms with E-state index < -0.39 is 0 Å². The molecule has 3 rings (SSSR count). The SMILES string of the molecule is Nc1nccc2sc(C3=CCNCC3)cc12. The average molecular weight is 231 g/mol. The van der Waals surface area contributed by atoms with Gasteiger partial charge in [0.1, 0.15) is 5.82 Å². The summed E-state index contributed by atoms with van der Waals surface area (Å²) >= 11 is 1.80. The summed E-state index contributed by atoms with van der Waals surface area (Å²) in [6, 6.07) is 4.20. The molecule has 0 atom stereocenters. The van der Waals surface area contributed by atoms with E-state index in [4.69, 9.17) is 5.73 Å². The zero-order chi connectivity index (χ0) is 11.0. The van der Waals surface area contributed by atoms with Crippen molar-refractivity contribution in [1.82, 2.24) is 10.3 Å². The van der Waals surface area contributed by atoms with Gasteiger partial charge in [-0.15, -0.1) is 11.3 Å². The molecule has 1 aliphatic rings. The maximum atomic E-state index is 5.86. The van der Waals surface area contributed by atoms with Crippen LogP contribution in [0.4, 0.5) is 5.82 Å². The predicted octanol–water partition coefficient (Wildman–Crippen LogP) is 2.26. The number of aromatic nitrogens is 1. The highest BCUT2D eigenvalue weighted by Gasteiger charge is 2.10. The Labute approximate surface area is 98.0 Å². The van der Waals surface area contributed by atoms with Gasteiger partial charge in [-0.05, 0) is 30.7 Å². The minimum Gasteiger partial charge on any atom is -0.383 e. The molecule has 0 bridgehead atoms. The molecule has 0 aromatic carbocycles. The molecular weight excluding hydrogens is 218 g/mol. The van der Waals surface area contributed by atoms with Crippen molar-refractivity contribution in [3.05, 3.63) is 29.3 Å². The van der Waals surface area contributed by atoms with E-state index in [9.17, 15) is 0 Å². The third-order valence-corrected chi connectivity index (χ3v) is 4.03. The minimum absolute atomic E-state index is 0.634. The Hall–Kier alpha value is -1.39. The van der Waals surface area contributed by atoms with Gasteiger partial charge in [0, 0.05) is 27.7 Å².